The van der Waals surface area contributed by atoms with Crippen LogP contribution in [0.15, 0.2) is 35.8 Å². The lowest BCUT2D eigenvalue weighted by Gasteiger charge is -2.16. The van der Waals surface area contributed by atoms with E-state index >= 15 is 0 Å². The number of nitrogens with two attached hydrogens (primary N) is 1. The number of hydrazone groups is 1. The van der Waals surface area contributed by atoms with Crippen molar-refractivity contribution in [3.05, 3.63) is 47.4 Å². The highest BCUT2D eigenvalue weighted by Crippen LogP contribution is 2.27. The number of carbonyl (C=O) groups is 1. The Morgan fingerprint density at radius 2 is 2.23 bits per heavy atom. The van der Waals surface area contributed by atoms with Gasteiger partial charge in [0.25, 0.3) is 0 Å². The topological polar surface area (TPSA) is 133 Å². The molecule has 9 nitrogen and oxygen atoms in total. The number of rotatable bonds is 7. The molecule has 0 saturated heterocycles. The van der Waals surface area contributed by atoms with Crippen molar-refractivity contribution >= 4 is 23.1 Å². The minimum atomic E-state index is -0.774. The number of imidazole rings is 1. The second kappa shape index (κ2) is 9.36. The fourth-order valence-corrected chi connectivity index (χ4v) is 3.33. The van der Waals surface area contributed by atoms with E-state index in [1.165, 1.54) is 0 Å². The van der Waals surface area contributed by atoms with Crippen molar-refractivity contribution in [1.82, 2.24) is 19.5 Å². The molecule has 3 rings (SSSR count). The van der Waals surface area contributed by atoms with Gasteiger partial charge in [-0.05, 0) is 49.6 Å². The molecule has 0 aliphatic rings. The standard InChI is InChI=1S/C22H25N7O2/c1-14-7-19-18(8-16(14)5-4-6-23)17(10-26-29(22(24)31)12-15(2)30)9-20(27-19)21-11-25-13-28(21)3/h7-11,13,15,30H,4-5,12H2,1-3H3,(H2,24,31)/b26-10+. The summed E-state index contributed by atoms with van der Waals surface area (Å²) in [4.78, 5) is 20.7. The van der Waals surface area contributed by atoms with Crippen LogP contribution in [-0.2, 0) is 13.5 Å². The molecule has 2 amide bonds. The molecule has 160 valence electrons. The summed E-state index contributed by atoms with van der Waals surface area (Å²) >= 11 is 0. The number of primary amides is 1. The van der Waals surface area contributed by atoms with E-state index in [0.29, 0.717) is 18.5 Å². The lowest BCUT2D eigenvalue weighted by atomic mass is 9.98. The average Bonchev–Trinajstić information content (AvgIpc) is 3.14. The number of aryl methyl sites for hydroxylation is 3. The van der Waals surface area contributed by atoms with Gasteiger partial charge in [-0.3, -0.25) is 0 Å². The lowest BCUT2D eigenvalue weighted by molar-refractivity contribution is 0.139. The monoisotopic (exact) mass is 419 g/mol. The lowest BCUT2D eigenvalue weighted by Crippen LogP contribution is -2.36. The third kappa shape index (κ3) is 5.05. The zero-order chi connectivity index (χ0) is 22.5. The van der Waals surface area contributed by atoms with Gasteiger partial charge in [0.1, 0.15) is 0 Å². The van der Waals surface area contributed by atoms with Gasteiger partial charge in [0.05, 0.1) is 54.4 Å². The highest BCUT2D eigenvalue weighted by molar-refractivity contribution is 6.00. The van der Waals surface area contributed by atoms with E-state index < -0.39 is 12.1 Å². The Morgan fingerprint density at radius 1 is 1.45 bits per heavy atom. The minimum absolute atomic E-state index is 0.0179. The summed E-state index contributed by atoms with van der Waals surface area (Å²) in [6.07, 6.45) is 5.24. The largest absolute Gasteiger partial charge is 0.391 e. The van der Waals surface area contributed by atoms with Crippen LogP contribution >= 0.6 is 0 Å². The van der Waals surface area contributed by atoms with E-state index in [1.54, 1.807) is 25.7 Å². The maximum absolute atomic E-state index is 11.7. The van der Waals surface area contributed by atoms with Gasteiger partial charge >= 0.3 is 6.03 Å². The third-order valence-corrected chi connectivity index (χ3v) is 4.91. The molecule has 0 bridgehead atoms. The Labute approximate surface area is 180 Å². The van der Waals surface area contributed by atoms with Gasteiger partial charge in [0.2, 0.25) is 0 Å². The summed E-state index contributed by atoms with van der Waals surface area (Å²) in [6, 6.07) is 7.28. The summed E-state index contributed by atoms with van der Waals surface area (Å²) in [5.41, 5.74) is 10.5. The first-order valence-corrected chi connectivity index (χ1v) is 9.87. The van der Waals surface area contributed by atoms with Crippen molar-refractivity contribution in [2.45, 2.75) is 32.8 Å². The summed E-state index contributed by atoms with van der Waals surface area (Å²) in [7, 11) is 1.88. The molecular weight excluding hydrogens is 394 g/mol. The number of benzene rings is 1. The minimum Gasteiger partial charge on any atom is -0.391 e. The number of aromatic nitrogens is 3. The van der Waals surface area contributed by atoms with Crippen LogP contribution in [0.1, 0.15) is 30.0 Å². The predicted molar refractivity (Wildman–Crippen MR) is 118 cm³/mol. The molecular formula is C22H25N7O2. The van der Waals surface area contributed by atoms with Crippen LogP contribution < -0.4 is 5.73 Å². The second-order valence-electron chi connectivity index (χ2n) is 7.45. The number of hydrogen-bond donors (Lipinski definition) is 2. The molecule has 0 radical (unpaired) electrons. The summed E-state index contributed by atoms with van der Waals surface area (Å²) in [5, 5.41) is 24.7. The van der Waals surface area contributed by atoms with Crippen LogP contribution in [0, 0.1) is 18.3 Å². The normalized spacial score (nSPS) is 12.2. The van der Waals surface area contributed by atoms with Crippen LogP contribution in [0.3, 0.4) is 0 Å². The number of carbonyl (C=O) groups excluding carboxylic acids is 1. The number of aliphatic hydroxyl groups is 1. The fraction of sp³-hybridized carbons (Fsp3) is 0.318. The van der Waals surface area contributed by atoms with Crippen molar-refractivity contribution in [3.8, 4) is 17.5 Å². The number of nitriles is 1. The second-order valence-corrected chi connectivity index (χ2v) is 7.45. The molecule has 1 unspecified atom stereocenters. The number of amides is 2. The highest BCUT2D eigenvalue weighted by atomic mass is 16.3. The molecule has 0 aliphatic heterocycles. The van der Waals surface area contributed by atoms with Gasteiger partial charge in [0.15, 0.2) is 0 Å². The zero-order valence-corrected chi connectivity index (χ0v) is 17.8. The van der Waals surface area contributed by atoms with Crippen LogP contribution in [0.5, 0.6) is 0 Å². The Bertz CT molecular complexity index is 1170. The van der Waals surface area contributed by atoms with Gasteiger partial charge in [-0.25, -0.2) is 19.8 Å². The first-order valence-electron chi connectivity index (χ1n) is 9.87. The molecule has 0 aliphatic carbocycles. The Morgan fingerprint density at radius 3 is 2.84 bits per heavy atom. The third-order valence-electron chi connectivity index (χ3n) is 4.91. The van der Waals surface area contributed by atoms with E-state index in [9.17, 15) is 9.90 Å². The number of pyridine rings is 1. The number of nitrogens with zero attached hydrogens (tertiary/aromatic N) is 6. The first-order chi connectivity index (χ1) is 14.8. The number of fused-ring (bicyclic) bond motifs is 1. The van der Waals surface area contributed by atoms with E-state index in [-0.39, 0.29) is 6.54 Å². The Hall–Kier alpha value is -3.77. The van der Waals surface area contributed by atoms with E-state index in [4.69, 9.17) is 16.0 Å². The maximum Gasteiger partial charge on any atom is 0.335 e. The first kappa shape index (κ1) is 21.9. The molecule has 3 aromatic rings. The van der Waals surface area contributed by atoms with Gasteiger partial charge < -0.3 is 15.4 Å². The molecule has 0 fully saturated rings. The van der Waals surface area contributed by atoms with Crippen LogP contribution in [0.2, 0.25) is 0 Å². The molecule has 1 aromatic carbocycles. The molecule has 1 atom stereocenters. The highest BCUT2D eigenvalue weighted by Gasteiger charge is 2.14. The van der Waals surface area contributed by atoms with Gasteiger partial charge in [0, 0.05) is 24.4 Å². The quantitative estimate of drug-likeness (QED) is 0.448. The SMILES string of the molecule is Cc1cc2nc(-c3cncn3C)cc(/C=N/N(CC(C)O)C(N)=O)c2cc1CCC#N. The fourth-order valence-electron chi connectivity index (χ4n) is 3.33. The summed E-state index contributed by atoms with van der Waals surface area (Å²) in [5.74, 6) is 0. The van der Waals surface area contributed by atoms with Crippen LogP contribution in [-0.4, -0.2) is 49.5 Å². The number of urea groups is 1. The Balaban J connectivity index is 2.17. The Kier molecular flexibility index (Phi) is 6.62. The van der Waals surface area contributed by atoms with Crippen molar-refractivity contribution < 1.29 is 9.90 Å². The number of aliphatic hydroxyl groups excluding tert-OH is 1. The molecule has 0 spiro atoms. The average molecular weight is 419 g/mol. The van der Waals surface area contributed by atoms with Crippen molar-refractivity contribution in [1.29, 1.82) is 5.26 Å². The molecule has 0 saturated carbocycles. The molecule has 2 aromatic heterocycles. The summed E-state index contributed by atoms with van der Waals surface area (Å²) < 4.78 is 1.87. The molecule has 2 heterocycles. The molecule has 31 heavy (non-hydrogen) atoms. The molecule has 3 N–H and O–H groups in total. The van der Waals surface area contributed by atoms with E-state index in [1.807, 2.05) is 36.7 Å². The van der Waals surface area contributed by atoms with E-state index in [2.05, 4.69) is 16.2 Å². The van der Waals surface area contributed by atoms with Gasteiger partial charge in [-0.2, -0.15) is 10.4 Å². The van der Waals surface area contributed by atoms with Crippen LogP contribution in [0.25, 0.3) is 22.3 Å². The van der Waals surface area contributed by atoms with Crippen LogP contribution in [0.4, 0.5) is 4.79 Å². The van der Waals surface area contributed by atoms with Crippen molar-refractivity contribution in [3.63, 3.8) is 0 Å². The zero-order valence-electron chi connectivity index (χ0n) is 17.8. The molecule has 9 heteroatoms. The number of hydrogen-bond acceptors (Lipinski definition) is 6. The van der Waals surface area contributed by atoms with Gasteiger partial charge in [-0.15, -0.1) is 0 Å². The van der Waals surface area contributed by atoms with Gasteiger partial charge in [-0.1, -0.05) is 0 Å². The predicted octanol–water partition coefficient (Wildman–Crippen LogP) is 2.50. The smallest absolute Gasteiger partial charge is 0.335 e. The van der Waals surface area contributed by atoms with Crippen molar-refractivity contribution in [2.75, 3.05) is 6.54 Å². The van der Waals surface area contributed by atoms with E-state index in [0.717, 1.165) is 38.3 Å². The maximum atomic E-state index is 11.7. The summed E-state index contributed by atoms with van der Waals surface area (Å²) in [6.45, 7) is 3.53. The van der Waals surface area contributed by atoms with Crippen molar-refractivity contribution in [2.24, 2.45) is 17.9 Å².